The van der Waals surface area contributed by atoms with Gasteiger partial charge < -0.3 is 9.40 Å². The van der Waals surface area contributed by atoms with Gasteiger partial charge in [0.1, 0.15) is 0 Å². The Morgan fingerprint density at radius 3 is 2.75 bits per heavy atom. The summed E-state index contributed by atoms with van der Waals surface area (Å²) < 4.78 is 5.31. The van der Waals surface area contributed by atoms with Crippen LogP contribution in [0, 0.1) is 13.8 Å². The summed E-state index contributed by atoms with van der Waals surface area (Å²) >= 11 is 0. The van der Waals surface area contributed by atoms with Crippen LogP contribution in [0.2, 0.25) is 0 Å². The molecular formula is C12H14N2O2. The van der Waals surface area contributed by atoms with Gasteiger partial charge >= 0.3 is 0 Å². The van der Waals surface area contributed by atoms with Gasteiger partial charge in [-0.15, -0.1) is 0 Å². The first kappa shape index (κ1) is 10.7. The molecule has 0 bridgehead atoms. The van der Waals surface area contributed by atoms with Gasteiger partial charge in [0.05, 0.1) is 12.0 Å². The highest BCUT2D eigenvalue weighted by Crippen LogP contribution is 2.20. The number of aromatic nitrogens is 2. The normalized spacial score (nSPS) is 10.7. The third kappa shape index (κ3) is 1.66. The fourth-order valence-corrected chi connectivity index (χ4v) is 1.65. The first-order valence-corrected chi connectivity index (χ1v) is 5.27. The van der Waals surface area contributed by atoms with Crippen LogP contribution in [0.25, 0.3) is 11.6 Å². The van der Waals surface area contributed by atoms with Crippen molar-refractivity contribution in [2.45, 2.75) is 27.2 Å². The molecule has 2 aromatic heterocycles. The summed E-state index contributed by atoms with van der Waals surface area (Å²) in [5, 5.41) is 0. The minimum absolute atomic E-state index is 0.0994. The molecule has 4 nitrogen and oxygen atoms in total. The van der Waals surface area contributed by atoms with Gasteiger partial charge in [-0.2, -0.15) is 0 Å². The minimum Gasteiger partial charge on any atom is -0.461 e. The second kappa shape index (κ2) is 3.96. The molecule has 1 N–H and O–H groups in total. The SMILES string of the molecule is CCc1nc(-c2occc2C)[nH]c(=O)c1C. The summed E-state index contributed by atoms with van der Waals surface area (Å²) in [5.74, 6) is 1.14. The highest BCUT2D eigenvalue weighted by molar-refractivity contribution is 5.52. The van der Waals surface area contributed by atoms with Crippen LogP contribution in [0.5, 0.6) is 0 Å². The number of aryl methyl sites for hydroxylation is 2. The van der Waals surface area contributed by atoms with Gasteiger partial charge in [-0.05, 0) is 31.9 Å². The van der Waals surface area contributed by atoms with Crippen molar-refractivity contribution in [1.82, 2.24) is 9.97 Å². The number of aromatic amines is 1. The molecule has 2 heterocycles. The molecule has 0 aliphatic heterocycles. The van der Waals surface area contributed by atoms with Crippen molar-refractivity contribution in [3.05, 3.63) is 39.5 Å². The Labute approximate surface area is 93.3 Å². The second-order valence-electron chi connectivity index (χ2n) is 3.77. The Bertz CT molecular complexity index is 567. The largest absolute Gasteiger partial charge is 0.461 e. The molecule has 0 fully saturated rings. The van der Waals surface area contributed by atoms with E-state index in [1.165, 1.54) is 0 Å². The van der Waals surface area contributed by atoms with E-state index in [1.807, 2.05) is 19.9 Å². The first-order chi connectivity index (χ1) is 7.63. The van der Waals surface area contributed by atoms with Crippen molar-refractivity contribution in [1.29, 1.82) is 0 Å². The van der Waals surface area contributed by atoms with Crippen LogP contribution in [-0.2, 0) is 6.42 Å². The maximum absolute atomic E-state index is 11.7. The molecule has 0 spiro atoms. The van der Waals surface area contributed by atoms with E-state index in [4.69, 9.17) is 4.42 Å². The van der Waals surface area contributed by atoms with Crippen LogP contribution in [0.1, 0.15) is 23.7 Å². The molecule has 0 amide bonds. The van der Waals surface area contributed by atoms with Crippen molar-refractivity contribution in [3.8, 4) is 11.6 Å². The maximum atomic E-state index is 11.7. The van der Waals surface area contributed by atoms with Crippen molar-refractivity contribution in [2.75, 3.05) is 0 Å². The smallest absolute Gasteiger partial charge is 0.254 e. The molecule has 16 heavy (non-hydrogen) atoms. The monoisotopic (exact) mass is 218 g/mol. The molecule has 0 saturated carbocycles. The number of rotatable bonds is 2. The summed E-state index contributed by atoms with van der Waals surface area (Å²) in [4.78, 5) is 18.8. The molecule has 0 saturated heterocycles. The predicted molar refractivity (Wildman–Crippen MR) is 61.4 cm³/mol. The van der Waals surface area contributed by atoms with E-state index in [0.717, 1.165) is 17.7 Å². The number of furan rings is 1. The van der Waals surface area contributed by atoms with Crippen molar-refractivity contribution in [3.63, 3.8) is 0 Å². The van der Waals surface area contributed by atoms with E-state index in [1.54, 1.807) is 13.2 Å². The van der Waals surface area contributed by atoms with E-state index < -0.39 is 0 Å². The Hall–Kier alpha value is -1.84. The number of nitrogens with one attached hydrogen (secondary N) is 1. The lowest BCUT2D eigenvalue weighted by Crippen LogP contribution is -2.15. The summed E-state index contributed by atoms with van der Waals surface area (Å²) in [6.07, 6.45) is 2.33. The number of nitrogens with zero attached hydrogens (tertiary/aromatic N) is 1. The van der Waals surface area contributed by atoms with Crippen molar-refractivity contribution >= 4 is 0 Å². The minimum atomic E-state index is -0.0994. The number of H-pyrrole nitrogens is 1. The summed E-state index contributed by atoms with van der Waals surface area (Å²) in [6.45, 7) is 5.68. The second-order valence-corrected chi connectivity index (χ2v) is 3.77. The third-order valence-electron chi connectivity index (χ3n) is 2.66. The van der Waals surface area contributed by atoms with Crippen LogP contribution in [0.3, 0.4) is 0 Å². The van der Waals surface area contributed by atoms with Gasteiger partial charge in [0.25, 0.3) is 5.56 Å². The summed E-state index contributed by atoms with van der Waals surface area (Å²) in [7, 11) is 0. The summed E-state index contributed by atoms with van der Waals surface area (Å²) in [5.41, 5.74) is 2.36. The standard InChI is InChI=1S/C12H14N2O2/c1-4-9-8(3)12(15)14-11(13-9)10-7(2)5-6-16-10/h5-6H,4H2,1-3H3,(H,13,14,15). The lowest BCUT2D eigenvalue weighted by Gasteiger charge is -2.04. The lowest BCUT2D eigenvalue weighted by atomic mass is 10.2. The van der Waals surface area contributed by atoms with Crippen LogP contribution in [0.4, 0.5) is 0 Å². The average molecular weight is 218 g/mol. The van der Waals surface area contributed by atoms with Crippen LogP contribution in [-0.4, -0.2) is 9.97 Å². The Morgan fingerprint density at radius 2 is 2.19 bits per heavy atom. The van der Waals surface area contributed by atoms with Crippen molar-refractivity contribution < 1.29 is 4.42 Å². The lowest BCUT2D eigenvalue weighted by molar-refractivity contribution is 0.574. The molecule has 0 atom stereocenters. The molecule has 0 unspecified atom stereocenters. The fraction of sp³-hybridized carbons (Fsp3) is 0.333. The molecule has 0 aliphatic carbocycles. The van der Waals surface area contributed by atoms with Gasteiger partial charge in [0.2, 0.25) is 0 Å². The molecule has 84 valence electrons. The van der Waals surface area contributed by atoms with E-state index in [2.05, 4.69) is 9.97 Å². The molecular weight excluding hydrogens is 204 g/mol. The van der Waals surface area contributed by atoms with E-state index in [0.29, 0.717) is 17.1 Å². The topological polar surface area (TPSA) is 58.9 Å². The number of hydrogen-bond acceptors (Lipinski definition) is 3. The van der Waals surface area contributed by atoms with Crippen LogP contribution in [0.15, 0.2) is 21.5 Å². The van der Waals surface area contributed by atoms with E-state index >= 15 is 0 Å². The van der Waals surface area contributed by atoms with Gasteiger partial charge in [-0.25, -0.2) is 4.98 Å². The molecule has 0 aromatic carbocycles. The van der Waals surface area contributed by atoms with Crippen LogP contribution < -0.4 is 5.56 Å². The van der Waals surface area contributed by atoms with E-state index in [-0.39, 0.29) is 5.56 Å². The fourth-order valence-electron chi connectivity index (χ4n) is 1.65. The first-order valence-electron chi connectivity index (χ1n) is 5.27. The highest BCUT2D eigenvalue weighted by Gasteiger charge is 2.11. The third-order valence-corrected chi connectivity index (χ3v) is 2.66. The molecule has 0 radical (unpaired) electrons. The molecule has 2 aromatic rings. The molecule has 4 heteroatoms. The maximum Gasteiger partial charge on any atom is 0.254 e. The zero-order valence-corrected chi connectivity index (χ0v) is 9.63. The van der Waals surface area contributed by atoms with Crippen molar-refractivity contribution in [2.24, 2.45) is 0 Å². The Morgan fingerprint density at radius 1 is 1.44 bits per heavy atom. The van der Waals surface area contributed by atoms with E-state index in [9.17, 15) is 4.79 Å². The highest BCUT2D eigenvalue weighted by atomic mass is 16.3. The Balaban J connectivity index is 2.64. The average Bonchev–Trinajstić information content (AvgIpc) is 2.68. The Kier molecular flexibility index (Phi) is 2.64. The molecule has 2 rings (SSSR count). The quantitative estimate of drug-likeness (QED) is 0.840. The summed E-state index contributed by atoms with van der Waals surface area (Å²) in [6, 6.07) is 1.85. The van der Waals surface area contributed by atoms with Gasteiger partial charge in [0, 0.05) is 5.56 Å². The number of hydrogen-bond donors (Lipinski definition) is 1. The van der Waals surface area contributed by atoms with Gasteiger partial charge in [-0.3, -0.25) is 4.79 Å². The zero-order valence-electron chi connectivity index (χ0n) is 9.63. The predicted octanol–water partition coefficient (Wildman–Crippen LogP) is 2.21. The van der Waals surface area contributed by atoms with Gasteiger partial charge in [-0.1, -0.05) is 6.92 Å². The van der Waals surface area contributed by atoms with Gasteiger partial charge in [0.15, 0.2) is 11.6 Å². The zero-order chi connectivity index (χ0) is 11.7. The van der Waals surface area contributed by atoms with Crippen LogP contribution >= 0.6 is 0 Å². The molecule has 0 aliphatic rings.